The highest BCUT2D eigenvalue weighted by Crippen LogP contribution is 2.14. The van der Waals surface area contributed by atoms with Crippen molar-refractivity contribution in [3.63, 3.8) is 0 Å². The molecule has 0 unspecified atom stereocenters. The van der Waals surface area contributed by atoms with Crippen molar-refractivity contribution < 1.29 is 23.9 Å². The van der Waals surface area contributed by atoms with Crippen molar-refractivity contribution in [2.45, 2.75) is 45.4 Å². The van der Waals surface area contributed by atoms with E-state index in [-0.39, 0.29) is 18.9 Å². The van der Waals surface area contributed by atoms with Crippen molar-refractivity contribution in [3.8, 4) is 0 Å². The third kappa shape index (κ3) is 7.81. The second kappa shape index (κ2) is 12.5. The van der Waals surface area contributed by atoms with Crippen molar-refractivity contribution in [2.24, 2.45) is 5.92 Å². The maximum absolute atomic E-state index is 13.1. The maximum Gasteiger partial charge on any atom is 0.408 e. The first-order chi connectivity index (χ1) is 16.9. The normalized spacial score (nSPS) is 12.6. The Morgan fingerprint density at radius 3 is 2.31 bits per heavy atom. The number of carbonyl (C=O) groups is 3. The summed E-state index contributed by atoms with van der Waals surface area (Å²) in [6.07, 6.45) is -0.190. The molecule has 184 valence electrons. The molecule has 8 heteroatoms. The second-order valence-electron chi connectivity index (χ2n) is 8.67. The van der Waals surface area contributed by atoms with Gasteiger partial charge in [-0.25, -0.2) is 9.59 Å². The molecule has 2 amide bonds. The van der Waals surface area contributed by atoms with Gasteiger partial charge in [0.15, 0.2) is 0 Å². The van der Waals surface area contributed by atoms with Crippen LogP contribution in [-0.2, 0) is 32.1 Å². The molecule has 0 aliphatic heterocycles. The molecular formula is C27H31N3O5. The molecule has 8 nitrogen and oxygen atoms in total. The van der Waals surface area contributed by atoms with Crippen LogP contribution in [0.2, 0.25) is 0 Å². The van der Waals surface area contributed by atoms with E-state index in [1.807, 2.05) is 80.6 Å². The van der Waals surface area contributed by atoms with Crippen molar-refractivity contribution in [1.29, 1.82) is 0 Å². The van der Waals surface area contributed by atoms with Gasteiger partial charge in [0.05, 0.1) is 12.6 Å². The fourth-order valence-electron chi connectivity index (χ4n) is 3.65. The van der Waals surface area contributed by atoms with Gasteiger partial charge < -0.3 is 20.1 Å². The Morgan fingerprint density at radius 1 is 0.886 bits per heavy atom. The number of carbonyl (C=O) groups excluding carboxylic acids is 3. The van der Waals surface area contributed by atoms with Crippen molar-refractivity contribution >= 4 is 28.9 Å². The van der Waals surface area contributed by atoms with E-state index in [0.717, 1.165) is 16.5 Å². The van der Waals surface area contributed by atoms with Gasteiger partial charge in [-0.15, -0.1) is 0 Å². The number of esters is 1. The molecule has 0 saturated heterocycles. The number of rotatable bonds is 10. The number of amides is 2. The summed E-state index contributed by atoms with van der Waals surface area (Å²) < 4.78 is 10.2. The number of para-hydroxylation sites is 1. The monoisotopic (exact) mass is 477 g/mol. The molecular weight excluding hydrogens is 446 g/mol. The number of alkyl carbamates (subject to hydrolysis) is 1. The van der Waals surface area contributed by atoms with E-state index in [4.69, 9.17) is 9.47 Å². The zero-order valence-electron chi connectivity index (χ0n) is 20.2. The van der Waals surface area contributed by atoms with Crippen LogP contribution in [0, 0.1) is 5.92 Å². The summed E-state index contributed by atoms with van der Waals surface area (Å²) >= 11 is 0. The van der Waals surface area contributed by atoms with E-state index in [2.05, 4.69) is 15.6 Å². The summed E-state index contributed by atoms with van der Waals surface area (Å²) in [7, 11) is 1.26. The van der Waals surface area contributed by atoms with Crippen LogP contribution in [0.5, 0.6) is 0 Å². The third-order valence-corrected chi connectivity index (χ3v) is 5.40. The minimum Gasteiger partial charge on any atom is -0.467 e. The van der Waals surface area contributed by atoms with Gasteiger partial charge in [0.2, 0.25) is 5.91 Å². The molecule has 3 rings (SSSR count). The zero-order valence-corrected chi connectivity index (χ0v) is 20.2. The first-order valence-corrected chi connectivity index (χ1v) is 11.6. The molecule has 2 aromatic carbocycles. The van der Waals surface area contributed by atoms with Gasteiger partial charge >= 0.3 is 12.1 Å². The highest BCUT2D eigenvalue weighted by Gasteiger charge is 2.29. The number of nitrogens with one attached hydrogen (secondary N) is 2. The topological polar surface area (TPSA) is 107 Å². The van der Waals surface area contributed by atoms with Crippen molar-refractivity contribution in [3.05, 3.63) is 78.0 Å². The lowest BCUT2D eigenvalue weighted by Crippen LogP contribution is -2.53. The first kappa shape index (κ1) is 25.7. The van der Waals surface area contributed by atoms with Gasteiger partial charge in [-0.1, -0.05) is 68.4 Å². The van der Waals surface area contributed by atoms with E-state index < -0.39 is 30.1 Å². The van der Waals surface area contributed by atoms with E-state index in [1.54, 1.807) is 0 Å². The number of hydrogen-bond donors (Lipinski definition) is 2. The Labute approximate surface area is 205 Å². The zero-order chi connectivity index (χ0) is 25.2. The summed E-state index contributed by atoms with van der Waals surface area (Å²) in [5.74, 6) is -0.978. The number of aromatic nitrogens is 1. The molecule has 0 bridgehead atoms. The Kier molecular flexibility index (Phi) is 9.17. The molecule has 0 aliphatic carbocycles. The lowest BCUT2D eigenvalue weighted by Gasteiger charge is -2.23. The SMILES string of the molecule is COC(=O)[C@@H](Cc1ccc2ccccc2n1)NC(=O)[C@H](CC(C)C)NC(=O)OCc1ccccc1. The summed E-state index contributed by atoms with van der Waals surface area (Å²) in [6, 6.07) is 18.8. The number of hydrogen-bond acceptors (Lipinski definition) is 6. The number of methoxy groups -OCH3 is 1. The molecule has 0 aliphatic rings. The van der Waals surface area contributed by atoms with E-state index >= 15 is 0 Å². The minimum atomic E-state index is -0.960. The minimum absolute atomic E-state index is 0.0844. The van der Waals surface area contributed by atoms with Crippen LogP contribution in [0.4, 0.5) is 4.79 Å². The Hall–Kier alpha value is -3.94. The van der Waals surface area contributed by atoms with Crippen LogP contribution < -0.4 is 10.6 Å². The fraction of sp³-hybridized carbons (Fsp3) is 0.333. The number of benzene rings is 2. The molecule has 0 spiro atoms. The molecule has 0 fully saturated rings. The lowest BCUT2D eigenvalue weighted by molar-refractivity contribution is -0.145. The van der Waals surface area contributed by atoms with Crippen LogP contribution in [-0.4, -0.2) is 42.1 Å². The first-order valence-electron chi connectivity index (χ1n) is 11.6. The van der Waals surface area contributed by atoms with Crippen molar-refractivity contribution in [1.82, 2.24) is 15.6 Å². The van der Waals surface area contributed by atoms with Gasteiger partial charge in [0.25, 0.3) is 0 Å². The number of ether oxygens (including phenoxy) is 2. The van der Waals surface area contributed by atoms with Crippen LogP contribution in [0.25, 0.3) is 10.9 Å². The maximum atomic E-state index is 13.1. The summed E-state index contributed by atoms with van der Waals surface area (Å²) in [6.45, 7) is 3.96. The predicted octanol–water partition coefficient (Wildman–Crippen LogP) is 3.78. The van der Waals surface area contributed by atoms with E-state index in [1.165, 1.54) is 7.11 Å². The quantitative estimate of drug-likeness (QED) is 0.431. The summed E-state index contributed by atoms with van der Waals surface area (Å²) in [5.41, 5.74) is 2.26. The van der Waals surface area contributed by atoms with Crippen LogP contribution >= 0.6 is 0 Å². The average Bonchev–Trinajstić information content (AvgIpc) is 2.86. The number of fused-ring (bicyclic) bond motifs is 1. The second-order valence-corrected chi connectivity index (χ2v) is 8.67. The highest BCUT2D eigenvalue weighted by molar-refractivity contribution is 5.89. The molecule has 3 aromatic rings. The number of nitrogens with zero attached hydrogens (tertiary/aromatic N) is 1. The molecule has 0 saturated carbocycles. The molecule has 2 N–H and O–H groups in total. The Morgan fingerprint density at radius 2 is 1.60 bits per heavy atom. The van der Waals surface area contributed by atoms with Gasteiger partial charge in [0, 0.05) is 17.5 Å². The summed E-state index contributed by atoms with van der Waals surface area (Å²) in [4.78, 5) is 42.6. The number of pyridine rings is 1. The van der Waals surface area contributed by atoms with Crippen LogP contribution in [0.3, 0.4) is 0 Å². The third-order valence-electron chi connectivity index (χ3n) is 5.40. The van der Waals surface area contributed by atoms with E-state index in [9.17, 15) is 14.4 Å². The molecule has 1 aromatic heterocycles. The van der Waals surface area contributed by atoms with Crippen LogP contribution in [0.1, 0.15) is 31.5 Å². The molecule has 2 atom stereocenters. The molecule has 0 radical (unpaired) electrons. The van der Waals surface area contributed by atoms with Gasteiger partial charge in [-0.2, -0.15) is 0 Å². The Balaban J connectivity index is 1.67. The van der Waals surface area contributed by atoms with Crippen LogP contribution in [0.15, 0.2) is 66.7 Å². The largest absolute Gasteiger partial charge is 0.467 e. The lowest BCUT2D eigenvalue weighted by atomic mass is 10.0. The van der Waals surface area contributed by atoms with E-state index in [0.29, 0.717) is 12.1 Å². The molecule has 35 heavy (non-hydrogen) atoms. The van der Waals surface area contributed by atoms with Gasteiger partial charge in [0.1, 0.15) is 18.7 Å². The molecule has 1 heterocycles. The standard InChI is InChI=1S/C27H31N3O5/c1-18(2)15-23(30-27(33)35-17-19-9-5-4-6-10-19)25(31)29-24(26(32)34-3)16-21-14-13-20-11-7-8-12-22(20)28-21/h4-14,18,23-24H,15-17H2,1-3H3,(H,29,31)(H,30,33)/t23-,24+/m0/s1. The predicted molar refractivity (Wildman–Crippen MR) is 132 cm³/mol. The average molecular weight is 478 g/mol. The van der Waals surface area contributed by atoms with Crippen molar-refractivity contribution in [2.75, 3.05) is 7.11 Å². The highest BCUT2D eigenvalue weighted by atomic mass is 16.5. The van der Waals surface area contributed by atoms with Gasteiger partial charge in [-0.3, -0.25) is 9.78 Å². The summed E-state index contributed by atoms with van der Waals surface area (Å²) in [5, 5.41) is 6.33. The smallest absolute Gasteiger partial charge is 0.408 e. The Bertz CT molecular complexity index is 1150. The van der Waals surface area contributed by atoms with Gasteiger partial charge in [-0.05, 0) is 30.0 Å². The fourth-order valence-corrected chi connectivity index (χ4v) is 3.65.